The summed E-state index contributed by atoms with van der Waals surface area (Å²) in [5.41, 5.74) is 14.4. The molecule has 0 saturated carbocycles. The van der Waals surface area contributed by atoms with Gasteiger partial charge in [0.25, 0.3) is 0 Å². The van der Waals surface area contributed by atoms with E-state index in [1.807, 2.05) is 27.7 Å². The van der Waals surface area contributed by atoms with Gasteiger partial charge in [-0.3, -0.25) is 14.4 Å². The molecule has 0 saturated heterocycles. The van der Waals surface area contributed by atoms with Crippen LogP contribution in [0.5, 0.6) is 0 Å². The fraction of sp³-hybridized carbons (Fsp3) is 0.762. The predicted molar refractivity (Wildman–Crippen MR) is 116 cm³/mol. The quantitative estimate of drug-likeness (QED) is 0.158. The van der Waals surface area contributed by atoms with Crippen molar-refractivity contribution in [1.82, 2.24) is 10.6 Å². The molecule has 176 valence electrons. The van der Waals surface area contributed by atoms with Crippen LogP contribution in [0.3, 0.4) is 0 Å². The Kier molecular flexibility index (Phi) is 13.2. The topological polar surface area (TPSA) is 164 Å². The number of amides is 2. The average Bonchev–Trinajstić information content (AvgIpc) is 2.62. The van der Waals surface area contributed by atoms with Crippen molar-refractivity contribution in [3.05, 3.63) is 5.53 Å². The number of Topliss-reactive ketones (excluding diaryl/α,β-unsaturated/α-hetero) is 1. The third kappa shape index (κ3) is 12.7. The summed E-state index contributed by atoms with van der Waals surface area (Å²) in [5, 5.41) is 5.26. The van der Waals surface area contributed by atoms with Gasteiger partial charge < -0.3 is 26.6 Å². The molecule has 0 bridgehead atoms. The smallest absolute Gasteiger partial charge is 0.328 e. The molecule has 0 aromatic rings. The van der Waals surface area contributed by atoms with E-state index in [1.165, 1.54) is 0 Å². The number of esters is 1. The molecule has 0 aromatic carbocycles. The van der Waals surface area contributed by atoms with Crippen molar-refractivity contribution in [3.63, 3.8) is 0 Å². The fourth-order valence-corrected chi connectivity index (χ4v) is 2.85. The summed E-state index contributed by atoms with van der Waals surface area (Å²) in [6, 6.07) is -2.74. The van der Waals surface area contributed by atoms with Crippen LogP contribution in [0.2, 0.25) is 0 Å². The van der Waals surface area contributed by atoms with Gasteiger partial charge in [0, 0.05) is 6.42 Å². The van der Waals surface area contributed by atoms with E-state index in [0.29, 0.717) is 12.8 Å². The average molecular weight is 440 g/mol. The summed E-state index contributed by atoms with van der Waals surface area (Å²) in [7, 11) is 0. The van der Waals surface area contributed by atoms with Gasteiger partial charge in [0.1, 0.15) is 12.1 Å². The molecule has 4 N–H and O–H groups in total. The lowest BCUT2D eigenvalue weighted by Crippen LogP contribution is -2.55. The minimum absolute atomic E-state index is 0.0443. The Morgan fingerprint density at radius 1 is 0.935 bits per heavy atom. The number of nitrogens with zero attached hydrogens (tertiary/aromatic N) is 2. The Labute approximate surface area is 184 Å². The number of ether oxygens (including phenoxy) is 1. The first-order chi connectivity index (χ1) is 14.4. The summed E-state index contributed by atoms with van der Waals surface area (Å²) in [6.45, 7) is 11.0. The van der Waals surface area contributed by atoms with E-state index in [1.54, 1.807) is 13.8 Å². The number of hydrogen-bond acceptors (Lipinski definition) is 6. The molecule has 0 heterocycles. The maximum Gasteiger partial charge on any atom is 0.328 e. The first kappa shape index (κ1) is 28.4. The highest BCUT2D eigenvalue weighted by Gasteiger charge is 2.30. The molecule has 0 aliphatic heterocycles. The monoisotopic (exact) mass is 439 g/mol. The van der Waals surface area contributed by atoms with Crippen molar-refractivity contribution in [3.8, 4) is 0 Å². The second kappa shape index (κ2) is 14.4. The highest BCUT2D eigenvalue weighted by molar-refractivity contribution is 6.25. The molecular weight excluding hydrogens is 402 g/mol. The van der Waals surface area contributed by atoms with Crippen molar-refractivity contribution < 1.29 is 28.7 Å². The van der Waals surface area contributed by atoms with Crippen molar-refractivity contribution >= 4 is 29.8 Å². The molecule has 0 aliphatic rings. The molecule has 0 radical (unpaired) electrons. The van der Waals surface area contributed by atoms with Crippen LogP contribution >= 0.6 is 0 Å². The Hall–Kier alpha value is -2.58. The Morgan fingerprint density at radius 3 is 1.97 bits per heavy atom. The minimum Gasteiger partial charge on any atom is -0.461 e. The molecule has 3 atom stereocenters. The summed E-state index contributed by atoms with van der Waals surface area (Å²) >= 11 is 0. The lowest BCUT2D eigenvalue weighted by molar-refractivity contribution is -0.152. The Bertz CT molecular complexity index is 671. The number of rotatable bonds is 14. The summed E-state index contributed by atoms with van der Waals surface area (Å²) in [6.07, 6.45) is 0.944. The predicted octanol–water partition coefficient (Wildman–Crippen LogP) is 0.977. The zero-order chi connectivity index (χ0) is 24.1. The highest BCUT2D eigenvalue weighted by Crippen LogP contribution is 2.10. The van der Waals surface area contributed by atoms with Crippen LogP contribution in [-0.4, -0.2) is 58.8 Å². The third-order valence-corrected chi connectivity index (χ3v) is 4.24. The van der Waals surface area contributed by atoms with Crippen LogP contribution in [0.15, 0.2) is 0 Å². The number of nitrogens with one attached hydrogen (secondary N) is 2. The molecule has 0 fully saturated rings. The third-order valence-electron chi connectivity index (χ3n) is 4.24. The Balaban J connectivity index is 5.38. The summed E-state index contributed by atoms with van der Waals surface area (Å²) in [4.78, 5) is 52.0. The SMILES string of the molecule is CC(C)C[C@H](NC(=O)[C@@H](N)CC(C)C)C(=O)N[C@@H](CCC(=O)C=[N+]=[N-])C(=O)OC(C)C. The van der Waals surface area contributed by atoms with E-state index >= 15 is 0 Å². The second-order valence-corrected chi connectivity index (χ2v) is 8.72. The van der Waals surface area contributed by atoms with Crippen LogP contribution < -0.4 is 16.4 Å². The zero-order valence-corrected chi connectivity index (χ0v) is 19.4. The van der Waals surface area contributed by atoms with Crippen LogP contribution in [0, 0.1) is 11.8 Å². The van der Waals surface area contributed by atoms with Gasteiger partial charge in [-0.05, 0) is 44.9 Å². The first-order valence-electron chi connectivity index (χ1n) is 10.6. The van der Waals surface area contributed by atoms with Crippen LogP contribution in [0.1, 0.15) is 67.2 Å². The van der Waals surface area contributed by atoms with E-state index in [9.17, 15) is 19.2 Å². The van der Waals surface area contributed by atoms with E-state index in [-0.39, 0.29) is 24.7 Å². The zero-order valence-electron chi connectivity index (χ0n) is 19.4. The summed E-state index contributed by atoms with van der Waals surface area (Å²) in [5.74, 6) is -1.90. The molecule has 2 amide bonds. The second-order valence-electron chi connectivity index (χ2n) is 8.72. The minimum atomic E-state index is -1.10. The van der Waals surface area contributed by atoms with Gasteiger partial charge in [-0.15, -0.1) is 0 Å². The van der Waals surface area contributed by atoms with E-state index < -0.39 is 47.8 Å². The lowest BCUT2D eigenvalue weighted by Gasteiger charge is -2.25. The number of carbonyl (C=O) groups is 4. The highest BCUT2D eigenvalue weighted by atomic mass is 16.5. The van der Waals surface area contributed by atoms with Gasteiger partial charge in [-0.25, -0.2) is 4.79 Å². The molecule has 10 nitrogen and oxygen atoms in total. The standard InChI is InChI=1S/C21H37N5O5/c1-12(2)9-16(22)19(28)26-18(10-13(3)4)20(29)25-17(21(30)31-14(5)6)8-7-15(27)11-24-23/h11-14,16-18H,7-10,22H2,1-6H3,(H,25,29)(H,26,28)/t16-,17-,18-/m0/s1. The van der Waals surface area contributed by atoms with Gasteiger partial charge >= 0.3 is 12.2 Å². The molecule has 0 rings (SSSR count). The van der Waals surface area contributed by atoms with Gasteiger partial charge in [-0.2, -0.15) is 4.79 Å². The molecular formula is C21H37N5O5. The number of nitrogens with two attached hydrogens (primary N) is 1. The molecule has 0 aliphatic carbocycles. The normalized spacial score (nSPS) is 13.9. The van der Waals surface area contributed by atoms with Crippen LogP contribution in [-0.2, 0) is 23.9 Å². The van der Waals surface area contributed by atoms with Crippen molar-refractivity contribution in [2.24, 2.45) is 17.6 Å². The number of hydrogen-bond donors (Lipinski definition) is 3. The van der Waals surface area contributed by atoms with Crippen molar-refractivity contribution in [2.45, 2.75) is 91.5 Å². The Morgan fingerprint density at radius 2 is 1.48 bits per heavy atom. The van der Waals surface area contributed by atoms with Gasteiger partial charge in [0.15, 0.2) is 0 Å². The van der Waals surface area contributed by atoms with Crippen molar-refractivity contribution in [1.29, 1.82) is 0 Å². The molecule has 31 heavy (non-hydrogen) atoms. The largest absolute Gasteiger partial charge is 0.461 e. The molecule has 0 unspecified atom stereocenters. The lowest BCUT2D eigenvalue weighted by atomic mass is 10.00. The van der Waals surface area contributed by atoms with Gasteiger partial charge in [0.05, 0.1) is 12.1 Å². The molecule has 0 spiro atoms. The maximum absolute atomic E-state index is 12.9. The van der Waals surface area contributed by atoms with Gasteiger partial charge in [0.2, 0.25) is 17.6 Å². The number of ketones is 1. The van der Waals surface area contributed by atoms with E-state index in [2.05, 4.69) is 15.4 Å². The molecule has 10 heteroatoms. The molecule has 0 aromatic heterocycles. The summed E-state index contributed by atoms with van der Waals surface area (Å²) < 4.78 is 5.17. The first-order valence-corrected chi connectivity index (χ1v) is 10.6. The maximum atomic E-state index is 12.9. The van der Waals surface area contributed by atoms with Crippen LogP contribution in [0.4, 0.5) is 0 Å². The van der Waals surface area contributed by atoms with Crippen molar-refractivity contribution in [2.75, 3.05) is 0 Å². The van der Waals surface area contributed by atoms with Crippen LogP contribution in [0.25, 0.3) is 5.53 Å². The van der Waals surface area contributed by atoms with Gasteiger partial charge in [-0.1, -0.05) is 27.7 Å². The van der Waals surface area contributed by atoms with E-state index in [4.69, 9.17) is 16.0 Å². The van der Waals surface area contributed by atoms with E-state index in [0.717, 1.165) is 6.21 Å². The number of carbonyl (C=O) groups excluding carboxylic acids is 4. The fourth-order valence-electron chi connectivity index (χ4n) is 2.85.